The van der Waals surface area contributed by atoms with E-state index in [0.717, 1.165) is 11.5 Å². The van der Waals surface area contributed by atoms with Crippen LogP contribution in [0.25, 0.3) is 0 Å². The first-order chi connectivity index (χ1) is 8.40. The number of aryl methyl sites for hydroxylation is 2. The van der Waals surface area contributed by atoms with E-state index in [1.54, 1.807) is 0 Å². The van der Waals surface area contributed by atoms with Crippen LogP contribution in [0.3, 0.4) is 0 Å². The number of hydrogen-bond acceptors (Lipinski definition) is 2. The lowest BCUT2D eigenvalue weighted by molar-refractivity contribution is 0.157. The standard InChI is InChI=1S/C16H27NO/c1-11-10-14(13(3)18-11)12(2)17-15-8-6-7-9-16(15,4)5/h10,12,15,17H,6-9H2,1-5H3. The minimum Gasteiger partial charge on any atom is -0.466 e. The molecule has 0 radical (unpaired) electrons. The molecular weight excluding hydrogens is 222 g/mol. The lowest BCUT2D eigenvalue weighted by Crippen LogP contribution is -2.45. The summed E-state index contributed by atoms with van der Waals surface area (Å²) in [4.78, 5) is 0. The normalized spacial score (nSPS) is 25.1. The average molecular weight is 249 g/mol. The van der Waals surface area contributed by atoms with E-state index in [-0.39, 0.29) is 0 Å². The summed E-state index contributed by atoms with van der Waals surface area (Å²) in [6, 6.07) is 3.17. The van der Waals surface area contributed by atoms with Gasteiger partial charge in [-0.3, -0.25) is 0 Å². The van der Waals surface area contributed by atoms with Gasteiger partial charge in [0.1, 0.15) is 11.5 Å². The van der Waals surface area contributed by atoms with E-state index in [1.165, 1.54) is 31.2 Å². The van der Waals surface area contributed by atoms with Crippen molar-refractivity contribution in [2.45, 2.75) is 72.4 Å². The molecule has 1 fully saturated rings. The fourth-order valence-corrected chi connectivity index (χ4v) is 3.27. The van der Waals surface area contributed by atoms with Crippen molar-refractivity contribution in [3.63, 3.8) is 0 Å². The quantitative estimate of drug-likeness (QED) is 0.852. The minimum atomic E-state index is 0.379. The second kappa shape index (κ2) is 5.08. The van der Waals surface area contributed by atoms with Gasteiger partial charge in [-0.05, 0) is 45.1 Å². The van der Waals surface area contributed by atoms with Gasteiger partial charge in [-0.1, -0.05) is 26.7 Å². The molecule has 0 aromatic carbocycles. The molecule has 1 aromatic rings. The highest BCUT2D eigenvalue weighted by Crippen LogP contribution is 2.37. The monoisotopic (exact) mass is 249 g/mol. The fourth-order valence-electron chi connectivity index (χ4n) is 3.27. The van der Waals surface area contributed by atoms with Crippen molar-refractivity contribution in [2.75, 3.05) is 0 Å². The number of rotatable bonds is 3. The predicted molar refractivity (Wildman–Crippen MR) is 75.8 cm³/mol. The molecule has 0 amide bonds. The molecule has 2 nitrogen and oxygen atoms in total. The zero-order valence-electron chi connectivity index (χ0n) is 12.5. The molecule has 1 N–H and O–H groups in total. The Balaban J connectivity index is 2.06. The van der Waals surface area contributed by atoms with Crippen LogP contribution in [0.15, 0.2) is 10.5 Å². The summed E-state index contributed by atoms with van der Waals surface area (Å²) in [6.07, 6.45) is 5.37. The topological polar surface area (TPSA) is 25.2 Å². The maximum absolute atomic E-state index is 5.64. The molecule has 1 aliphatic rings. The lowest BCUT2D eigenvalue weighted by Gasteiger charge is -2.40. The number of hydrogen-bond donors (Lipinski definition) is 1. The van der Waals surface area contributed by atoms with Crippen LogP contribution in [0.5, 0.6) is 0 Å². The molecule has 2 rings (SSSR count). The molecular formula is C16H27NO. The van der Waals surface area contributed by atoms with Gasteiger partial charge in [0.15, 0.2) is 0 Å². The minimum absolute atomic E-state index is 0.379. The largest absolute Gasteiger partial charge is 0.466 e. The van der Waals surface area contributed by atoms with Gasteiger partial charge in [-0.25, -0.2) is 0 Å². The molecule has 1 aliphatic carbocycles. The highest BCUT2D eigenvalue weighted by atomic mass is 16.3. The smallest absolute Gasteiger partial charge is 0.105 e. The summed E-state index contributed by atoms with van der Waals surface area (Å²) < 4.78 is 5.64. The molecule has 2 heteroatoms. The summed E-state index contributed by atoms with van der Waals surface area (Å²) in [5.41, 5.74) is 1.73. The maximum atomic E-state index is 5.64. The molecule has 102 valence electrons. The molecule has 1 saturated carbocycles. The highest BCUT2D eigenvalue weighted by Gasteiger charge is 2.33. The van der Waals surface area contributed by atoms with E-state index in [1.807, 2.05) is 6.92 Å². The molecule has 2 atom stereocenters. The van der Waals surface area contributed by atoms with Gasteiger partial charge in [0, 0.05) is 17.6 Å². The molecule has 1 aromatic heterocycles. The number of furan rings is 1. The Morgan fingerprint density at radius 1 is 1.33 bits per heavy atom. The summed E-state index contributed by atoms with van der Waals surface area (Å²) >= 11 is 0. The van der Waals surface area contributed by atoms with Gasteiger partial charge in [-0.15, -0.1) is 0 Å². The summed E-state index contributed by atoms with van der Waals surface area (Å²) in [5, 5.41) is 3.82. The van der Waals surface area contributed by atoms with Crippen LogP contribution in [-0.2, 0) is 0 Å². The zero-order valence-corrected chi connectivity index (χ0v) is 12.5. The Labute approximate surface area is 111 Å². The van der Waals surface area contributed by atoms with Crippen LogP contribution in [0.4, 0.5) is 0 Å². The van der Waals surface area contributed by atoms with Crippen molar-refractivity contribution in [1.29, 1.82) is 0 Å². The first-order valence-corrected chi connectivity index (χ1v) is 7.23. The van der Waals surface area contributed by atoms with Crippen LogP contribution in [0, 0.1) is 19.3 Å². The third-order valence-corrected chi connectivity index (χ3v) is 4.50. The zero-order chi connectivity index (χ0) is 13.3. The van der Waals surface area contributed by atoms with Gasteiger partial charge in [-0.2, -0.15) is 0 Å². The van der Waals surface area contributed by atoms with Gasteiger partial charge >= 0.3 is 0 Å². The second-order valence-electron chi connectivity index (χ2n) is 6.54. The van der Waals surface area contributed by atoms with Crippen molar-refractivity contribution >= 4 is 0 Å². The Hall–Kier alpha value is -0.760. The van der Waals surface area contributed by atoms with Gasteiger partial charge in [0.2, 0.25) is 0 Å². The van der Waals surface area contributed by atoms with E-state index in [9.17, 15) is 0 Å². The second-order valence-corrected chi connectivity index (χ2v) is 6.54. The first-order valence-electron chi connectivity index (χ1n) is 7.23. The van der Waals surface area contributed by atoms with Crippen LogP contribution < -0.4 is 5.32 Å². The Bertz CT molecular complexity index is 405. The molecule has 0 saturated heterocycles. The van der Waals surface area contributed by atoms with Crippen LogP contribution >= 0.6 is 0 Å². The first kappa shape index (κ1) is 13.7. The third-order valence-electron chi connectivity index (χ3n) is 4.50. The predicted octanol–water partition coefficient (Wildman–Crippen LogP) is 4.52. The van der Waals surface area contributed by atoms with Gasteiger partial charge < -0.3 is 9.73 Å². The fraction of sp³-hybridized carbons (Fsp3) is 0.750. The van der Waals surface area contributed by atoms with Crippen molar-refractivity contribution in [2.24, 2.45) is 5.41 Å². The van der Waals surface area contributed by atoms with E-state index < -0.39 is 0 Å². The Morgan fingerprint density at radius 2 is 2.06 bits per heavy atom. The van der Waals surface area contributed by atoms with E-state index in [2.05, 4.69) is 39.1 Å². The molecule has 1 heterocycles. The molecule has 18 heavy (non-hydrogen) atoms. The highest BCUT2D eigenvalue weighted by molar-refractivity contribution is 5.23. The Kier molecular flexibility index (Phi) is 3.86. The Morgan fingerprint density at radius 3 is 2.61 bits per heavy atom. The molecule has 0 bridgehead atoms. The summed E-state index contributed by atoms with van der Waals surface area (Å²) in [6.45, 7) is 11.1. The van der Waals surface area contributed by atoms with Crippen molar-refractivity contribution in [3.05, 3.63) is 23.2 Å². The van der Waals surface area contributed by atoms with E-state index in [4.69, 9.17) is 4.42 Å². The summed E-state index contributed by atoms with van der Waals surface area (Å²) in [5.74, 6) is 2.07. The SMILES string of the molecule is Cc1cc(C(C)NC2CCCCC2(C)C)c(C)o1. The van der Waals surface area contributed by atoms with Gasteiger partial charge in [0.05, 0.1) is 0 Å². The van der Waals surface area contributed by atoms with Crippen LogP contribution in [-0.4, -0.2) is 6.04 Å². The number of nitrogens with one attached hydrogen (secondary N) is 1. The van der Waals surface area contributed by atoms with E-state index >= 15 is 0 Å². The third kappa shape index (κ3) is 2.80. The van der Waals surface area contributed by atoms with Crippen LogP contribution in [0.2, 0.25) is 0 Å². The van der Waals surface area contributed by atoms with Crippen molar-refractivity contribution in [3.8, 4) is 0 Å². The van der Waals surface area contributed by atoms with Crippen molar-refractivity contribution in [1.82, 2.24) is 5.32 Å². The average Bonchev–Trinajstić information content (AvgIpc) is 2.61. The van der Waals surface area contributed by atoms with Crippen LogP contribution in [0.1, 0.15) is 69.6 Å². The maximum Gasteiger partial charge on any atom is 0.105 e. The molecule has 0 aliphatic heterocycles. The van der Waals surface area contributed by atoms with Gasteiger partial charge in [0.25, 0.3) is 0 Å². The van der Waals surface area contributed by atoms with E-state index in [0.29, 0.717) is 17.5 Å². The molecule has 2 unspecified atom stereocenters. The van der Waals surface area contributed by atoms with Crippen molar-refractivity contribution < 1.29 is 4.42 Å². The summed E-state index contributed by atoms with van der Waals surface area (Å²) in [7, 11) is 0. The molecule has 0 spiro atoms. The lowest BCUT2D eigenvalue weighted by atomic mass is 9.73.